The summed E-state index contributed by atoms with van der Waals surface area (Å²) in [6, 6.07) is 9.84. The average Bonchev–Trinajstić information content (AvgIpc) is 4.02. The van der Waals surface area contributed by atoms with Crippen molar-refractivity contribution in [1.82, 2.24) is 9.88 Å². The van der Waals surface area contributed by atoms with Gasteiger partial charge in [0.1, 0.15) is 41.9 Å². The minimum Gasteiger partial charge on any atom is -0.493 e. The number of methoxy groups -OCH3 is 3. The summed E-state index contributed by atoms with van der Waals surface area (Å²) in [6.07, 6.45) is 1.53. The molecular formula is C60H95N3O15S. The molecule has 4 aliphatic heterocycles. The molecule has 5 fully saturated rings. The first-order valence-corrected chi connectivity index (χ1v) is 29.9. The van der Waals surface area contributed by atoms with Crippen molar-refractivity contribution >= 4 is 29.2 Å². The molecule has 5 aliphatic rings. The summed E-state index contributed by atoms with van der Waals surface area (Å²) in [5.41, 5.74) is -1.98. The zero-order valence-corrected chi connectivity index (χ0v) is 50.6. The van der Waals surface area contributed by atoms with Crippen molar-refractivity contribution in [3.8, 4) is 11.5 Å². The Morgan fingerprint density at radius 2 is 1.56 bits per heavy atom. The molecule has 5 heterocycles. The van der Waals surface area contributed by atoms with Crippen LogP contribution in [-0.4, -0.2) is 176 Å². The number of likely N-dealkylation sites (N-methyl/N-ethyl adjacent to an activating group) is 1. The lowest BCUT2D eigenvalue weighted by Crippen LogP contribution is -2.62. The number of anilines is 1. The number of benzene rings is 1. The molecule has 2 aromatic rings. The summed E-state index contributed by atoms with van der Waals surface area (Å²) < 4.78 is 71.8. The Morgan fingerprint density at radius 1 is 0.861 bits per heavy atom. The molecular weight excluding hydrogens is 1030 g/mol. The van der Waals surface area contributed by atoms with Crippen molar-refractivity contribution in [2.24, 2.45) is 29.6 Å². The number of aliphatic hydroxyl groups is 2. The van der Waals surface area contributed by atoms with E-state index >= 15 is 9.59 Å². The van der Waals surface area contributed by atoms with Gasteiger partial charge in [0, 0.05) is 93.3 Å². The average molecular weight is 1130 g/mol. The van der Waals surface area contributed by atoms with Crippen LogP contribution in [0.4, 0.5) is 5.69 Å². The second-order valence-electron chi connectivity index (χ2n) is 24.0. The fourth-order valence-electron chi connectivity index (χ4n) is 13.2. The number of nitrogens with zero attached hydrogens (tertiary/aromatic N) is 3. The number of ketones is 1. The number of fused-ring (bicyclic) bond motifs is 1. The first-order chi connectivity index (χ1) is 37.5. The number of rotatable bonds is 18. The minimum absolute atomic E-state index is 0.0467. The molecule has 18 nitrogen and oxygen atoms in total. The Kier molecular flexibility index (Phi) is 22.0. The van der Waals surface area contributed by atoms with Crippen LogP contribution in [0.2, 0.25) is 0 Å². The van der Waals surface area contributed by atoms with Crippen LogP contribution in [-0.2, 0) is 58.8 Å². The number of Topliss-reactive ketones (excluding diaryl/α,β-unsaturated/α-hetero) is 1. The highest BCUT2D eigenvalue weighted by atomic mass is 32.2. The molecule has 19 heteroatoms. The van der Waals surface area contributed by atoms with Crippen molar-refractivity contribution in [2.75, 3.05) is 59.4 Å². The Morgan fingerprint density at radius 3 is 2.20 bits per heavy atom. The van der Waals surface area contributed by atoms with E-state index in [1.54, 1.807) is 59.3 Å². The van der Waals surface area contributed by atoms with Crippen molar-refractivity contribution in [3.63, 3.8) is 0 Å². The fourth-order valence-corrected chi connectivity index (χ4v) is 14.6. The molecule has 1 aliphatic carbocycles. The number of cyclic esters (lactones) is 1. The van der Waals surface area contributed by atoms with Crippen LogP contribution in [0.25, 0.3) is 0 Å². The maximum absolute atomic E-state index is 15.5. The largest absolute Gasteiger partial charge is 0.493 e. The lowest BCUT2D eigenvalue weighted by Gasteiger charge is -2.52. The summed E-state index contributed by atoms with van der Waals surface area (Å²) in [7, 11) is 8.63. The first-order valence-electron chi connectivity index (χ1n) is 28.9. The molecule has 0 amide bonds. The van der Waals surface area contributed by atoms with Crippen LogP contribution >= 0.6 is 11.8 Å². The van der Waals surface area contributed by atoms with Gasteiger partial charge in [-0.05, 0) is 130 Å². The number of hydrogen-bond donors (Lipinski definition) is 2. The van der Waals surface area contributed by atoms with Gasteiger partial charge in [-0.1, -0.05) is 27.7 Å². The zero-order chi connectivity index (χ0) is 57.6. The third-order valence-electron chi connectivity index (χ3n) is 18.2. The van der Waals surface area contributed by atoms with Gasteiger partial charge < -0.3 is 72.1 Å². The van der Waals surface area contributed by atoms with Crippen LogP contribution in [0.1, 0.15) is 126 Å². The minimum atomic E-state index is -1.25. The molecule has 79 heavy (non-hydrogen) atoms. The van der Waals surface area contributed by atoms with Gasteiger partial charge in [0.25, 0.3) is 0 Å². The van der Waals surface area contributed by atoms with Crippen LogP contribution < -0.4 is 14.4 Å². The number of thioether (sulfide) groups is 1. The summed E-state index contributed by atoms with van der Waals surface area (Å²) in [5, 5.41) is 23.2. The summed E-state index contributed by atoms with van der Waals surface area (Å²) in [6.45, 7) is 20.0. The van der Waals surface area contributed by atoms with Crippen molar-refractivity contribution in [3.05, 3.63) is 48.3 Å². The Bertz CT molecular complexity index is 2260. The first kappa shape index (κ1) is 63.4. The Labute approximate surface area is 474 Å². The number of aliphatic hydroxyl groups excluding tert-OH is 2. The number of carbonyl (C=O) groups is 2. The number of pyridine rings is 1. The molecule has 4 saturated heterocycles. The van der Waals surface area contributed by atoms with E-state index < -0.39 is 107 Å². The van der Waals surface area contributed by atoms with E-state index in [2.05, 4.69) is 22.0 Å². The van der Waals surface area contributed by atoms with Gasteiger partial charge in [-0.3, -0.25) is 14.6 Å². The van der Waals surface area contributed by atoms with E-state index in [1.165, 1.54) is 0 Å². The summed E-state index contributed by atoms with van der Waals surface area (Å²) in [4.78, 5) is 39.3. The molecule has 7 rings (SSSR count). The van der Waals surface area contributed by atoms with Crippen LogP contribution in [0.15, 0.2) is 42.7 Å². The lowest BCUT2D eigenvalue weighted by molar-refractivity contribution is -0.319. The third kappa shape index (κ3) is 14.4. The van der Waals surface area contributed by atoms with Gasteiger partial charge in [-0.25, -0.2) is 0 Å². The normalized spacial score (nSPS) is 39.2. The quantitative estimate of drug-likeness (QED) is 0.135. The number of ether oxygens (including phenoxy) is 11. The van der Waals surface area contributed by atoms with E-state index in [-0.39, 0.29) is 43.7 Å². The SMILES string of the molecule is CCC1OC(=O)C(C)[C@@H](OC2CC(C)(OC)[C@@H](O)C(C)O2)[C@H](C)[C@@H](O[C@@H]2OC(C)CC(N(C)C)[C@H]2O)C(C)(OC)C[C@@H](C)C(=O)[C@H](C)[C@H]2C(SCCN(Cc3ccncc3)c3ccc(OC)c(OC4CCCC4)c3)OCO[C@]12C. The summed E-state index contributed by atoms with van der Waals surface area (Å²) >= 11 is 1.61. The van der Waals surface area contributed by atoms with E-state index in [0.29, 0.717) is 43.2 Å². The monoisotopic (exact) mass is 1130 g/mol. The van der Waals surface area contributed by atoms with Crippen molar-refractivity contribution in [1.29, 1.82) is 0 Å². The van der Waals surface area contributed by atoms with Gasteiger partial charge >= 0.3 is 5.97 Å². The lowest BCUT2D eigenvalue weighted by atomic mass is 9.70. The van der Waals surface area contributed by atoms with Crippen LogP contribution in [0, 0.1) is 29.6 Å². The third-order valence-corrected chi connectivity index (χ3v) is 19.3. The molecule has 1 aromatic carbocycles. The zero-order valence-electron chi connectivity index (χ0n) is 49.8. The molecule has 9 unspecified atom stereocenters. The van der Waals surface area contributed by atoms with Gasteiger partial charge in [0.15, 0.2) is 24.1 Å². The topological polar surface area (TPSA) is 196 Å². The summed E-state index contributed by atoms with van der Waals surface area (Å²) in [5.74, 6) is -2.14. The maximum atomic E-state index is 15.5. The van der Waals surface area contributed by atoms with Gasteiger partial charge in [0.2, 0.25) is 0 Å². The number of aromatic nitrogens is 1. The van der Waals surface area contributed by atoms with Crippen LogP contribution in [0.3, 0.4) is 0 Å². The highest BCUT2D eigenvalue weighted by Crippen LogP contribution is 2.48. The molecule has 0 bridgehead atoms. The Hall–Kier alpha value is -3.18. The van der Waals surface area contributed by atoms with Crippen LogP contribution in [0.5, 0.6) is 11.5 Å². The second kappa shape index (κ2) is 27.5. The molecule has 1 aromatic heterocycles. The molecule has 0 radical (unpaired) electrons. The van der Waals surface area contributed by atoms with E-state index in [4.69, 9.17) is 52.1 Å². The second-order valence-corrected chi connectivity index (χ2v) is 25.2. The molecule has 0 spiro atoms. The highest BCUT2D eigenvalue weighted by molar-refractivity contribution is 7.99. The predicted molar refractivity (Wildman–Crippen MR) is 301 cm³/mol. The van der Waals surface area contributed by atoms with Crippen molar-refractivity contribution < 1.29 is 71.9 Å². The number of carbonyl (C=O) groups excluding carboxylic acids is 2. The maximum Gasteiger partial charge on any atom is 0.311 e. The van der Waals surface area contributed by atoms with E-state index in [0.717, 1.165) is 36.9 Å². The van der Waals surface area contributed by atoms with Gasteiger partial charge in [0.05, 0.1) is 54.7 Å². The van der Waals surface area contributed by atoms with E-state index in [9.17, 15) is 10.2 Å². The smallest absolute Gasteiger partial charge is 0.311 e. The van der Waals surface area contributed by atoms with Crippen molar-refractivity contribution in [2.45, 2.75) is 217 Å². The fraction of sp³-hybridized carbons (Fsp3) is 0.783. The number of hydrogen-bond acceptors (Lipinski definition) is 19. The molecule has 2 N–H and O–H groups in total. The molecule has 1 saturated carbocycles. The Balaban J connectivity index is 1.25. The standard InChI is InChI=1S/C60H95N3O15S/c1-16-47-60(10)49(57(71-34-72-60)79-28-27-63(33-41-23-25-61-26-24-41)42-21-22-45(68-13)46(30-42)75-43-19-17-18-20-43)37(4)50(64)35(2)31-59(9,70-15)54(78-56-51(65)44(62(11)12)29-36(3)73-56)38(5)52(39(6)55(67)76-47)77-48-32-58(8,69-14)53(66)40(7)74-48/h21-26,30,35-40,43-44,47-49,51-54,56-57,65-66H,16-20,27-29,31-34H2,1-15H3/t35-,36?,37-,38+,39?,40?,44?,47?,48?,49+,51-,52+,53+,54-,56+,57?,58?,59?,60-/m1/s1. The number of esters is 1. The molecule has 446 valence electrons. The van der Waals surface area contributed by atoms with E-state index in [1.807, 2.05) is 92.6 Å². The predicted octanol–water partition coefficient (Wildman–Crippen LogP) is 8.20. The highest BCUT2D eigenvalue weighted by Gasteiger charge is 2.57. The molecule has 19 atom stereocenters. The van der Waals surface area contributed by atoms with Gasteiger partial charge in [-0.15, -0.1) is 11.8 Å². The van der Waals surface area contributed by atoms with Gasteiger partial charge in [-0.2, -0.15) is 0 Å².